The first kappa shape index (κ1) is 24.8. The van der Waals surface area contributed by atoms with E-state index >= 15 is 0 Å². The van der Waals surface area contributed by atoms with E-state index < -0.39 is 0 Å². The molecule has 0 bridgehead atoms. The number of likely N-dealkylation sites (N-methyl/N-ethyl adjacent to an activating group) is 1. The molecule has 1 N–H and O–H groups in total. The lowest BCUT2D eigenvalue weighted by Crippen LogP contribution is -2.49. The van der Waals surface area contributed by atoms with Gasteiger partial charge in [-0.15, -0.1) is 0 Å². The maximum atomic E-state index is 9.48. The molecule has 1 aromatic carbocycles. The fourth-order valence-corrected chi connectivity index (χ4v) is 4.97. The van der Waals surface area contributed by atoms with Crippen LogP contribution in [0, 0.1) is 17.2 Å². The van der Waals surface area contributed by atoms with Crippen molar-refractivity contribution >= 4 is 29.3 Å². The van der Waals surface area contributed by atoms with Crippen molar-refractivity contribution in [3.63, 3.8) is 0 Å². The summed E-state index contributed by atoms with van der Waals surface area (Å²) in [6, 6.07) is 10.6. The Hall–Kier alpha value is -3.28. The highest BCUT2D eigenvalue weighted by molar-refractivity contribution is 5.95. The normalized spacial score (nSPS) is 22.3. The molecule has 0 spiro atoms. The Morgan fingerprint density at radius 1 is 1.26 bits per heavy atom. The molecular weight excluding hydrogens is 436 g/mol. The van der Waals surface area contributed by atoms with Crippen molar-refractivity contribution in [2.75, 3.05) is 57.8 Å². The molecule has 4 rings (SSSR count). The van der Waals surface area contributed by atoms with Gasteiger partial charge in [0.1, 0.15) is 6.07 Å². The molecule has 3 heterocycles. The van der Waals surface area contributed by atoms with Crippen LogP contribution >= 0.6 is 0 Å². The van der Waals surface area contributed by atoms with Crippen LogP contribution in [0.5, 0.6) is 0 Å². The SMILES string of the molecule is C=NC(=N/C=C(\C)CN[C@@H]1C[C@H](C)CN(c2ccc(C#N)c3ncccc23)C1)N1CCN(C)CC1. The molecule has 8 nitrogen and oxygen atoms in total. The van der Waals surface area contributed by atoms with Gasteiger partial charge in [-0.3, -0.25) is 4.98 Å². The highest BCUT2D eigenvalue weighted by atomic mass is 15.3. The van der Waals surface area contributed by atoms with Crippen molar-refractivity contribution in [3.8, 4) is 6.07 Å². The quantitative estimate of drug-likeness (QED) is 0.532. The molecule has 0 aliphatic carbocycles. The average Bonchev–Trinajstić information content (AvgIpc) is 2.87. The van der Waals surface area contributed by atoms with Crippen molar-refractivity contribution in [2.45, 2.75) is 26.3 Å². The number of piperidine rings is 1. The predicted molar refractivity (Wildman–Crippen MR) is 144 cm³/mol. The van der Waals surface area contributed by atoms with Crippen LogP contribution in [-0.2, 0) is 0 Å². The number of aromatic nitrogens is 1. The minimum absolute atomic E-state index is 0.364. The summed E-state index contributed by atoms with van der Waals surface area (Å²) in [6.07, 6.45) is 4.80. The zero-order valence-electron chi connectivity index (χ0n) is 21.1. The predicted octanol–water partition coefficient (Wildman–Crippen LogP) is 3.12. The molecule has 184 valence electrons. The minimum Gasteiger partial charge on any atom is -0.369 e. The number of aliphatic imine (C=N–C) groups is 2. The molecule has 2 aromatic rings. The Bertz CT molecular complexity index is 1140. The molecule has 0 radical (unpaired) electrons. The van der Waals surface area contributed by atoms with Crippen LogP contribution in [0.2, 0.25) is 0 Å². The van der Waals surface area contributed by atoms with Crippen LogP contribution in [0.15, 0.2) is 52.2 Å². The van der Waals surface area contributed by atoms with Crippen LogP contribution < -0.4 is 10.2 Å². The molecule has 2 fully saturated rings. The first-order valence-electron chi connectivity index (χ1n) is 12.4. The van der Waals surface area contributed by atoms with Gasteiger partial charge in [0.15, 0.2) is 0 Å². The number of nitrogens with one attached hydrogen (secondary N) is 1. The number of pyridine rings is 1. The Labute approximate surface area is 208 Å². The second-order valence-electron chi connectivity index (χ2n) is 9.82. The molecule has 2 aliphatic heterocycles. The summed E-state index contributed by atoms with van der Waals surface area (Å²) >= 11 is 0. The number of fused-ring (bicyclic) bond motifs is 1. The van der Waals surface area contributed by atoms with E-state index in [2.05, 4.69) is 80.8 Å². The molecule has 0 saturated carbocycles. The summed E-state index contributed by atoms with van der Waals surface area (Å²) in [6.45, 7) is 14.7. The number of nitriles is 1. The molecule has 1 aromatic heterocycles. The van der Waals surface area contributed by atoms with Gasteiger partial charge in [0.2, 0.25) is 5.96 Å². The smallest absolute Gasteiger partial charge is 0.224 e. The number of hydrogen-bond acceptors (Lipinski definition) is 6. The minimum atomic E-state index is 0.364. The zero-order valence-corrected chi connectivity index (χ0v) is 21.1. The molecular formula is C27H36N8. The van der Waals surface area contributed by atoms with E-state index in [1.54, 1.807) is 6.20 Å². The lowest BCUT2D eigenvalue weighted by molar-refractivity contribution is 0.214. The van der Waals surface area contributed by atoms with E-state index in [0.29, 0.717) is 23.5 Å². The largest absolute Gasteiger partial charge is 0.369 e. The van der Waals surface area contributed by atoms with Gasteiger partial charge in [0.25, 0.3) is 0 Å². The number of benzene rings is 1. The van der Waals surface area contributed by atoms with E-state index in [4.69, 9.17) is 0 Å². The van der Waals surface area contributed by atoms with Crippen LogP contribution in [0.3, 0.4) is 0 Å². The van der Waals surface area contributed by atoms with Crippen LogP contribution in [-0.4, -0.2) is 86.4 Å². The number of nitrogens with zero attached hydrogens (tertiary/aromatic N) is 7. The maximum Gasteiger partial charge on any atom is 0.224 e. The Balaban J connectivity index is 1.41. The Kier molecular flexibility index (Phi) is 8.11. The van der Waals surface area contributed by atoms with Crippen molar-refractivity contribution < 1.29 is 0 Å². The highest BCUT2D eigenvalue weighted by Crippen LogP contribution is 2.31. The van der Waals surface area contributed by atoms with Gasteiger partial charge < -0.3 is 20.0 Å². The van der Waals surface area contributed by atoms with E-state index in [1.807, 2.05) is 18.3 Å². The summed E-state index contributed by atoms with van der Waals surface area (Å²) in [7, 11) is 2.14. The highest BCUT2D eigenvalue weighted by Gasteiger charge is 2.26. The van der Waals surface area contributed by atoms with Crippen molar-refractivity contribution in [1.29, 1.82) is 5.26 Å². The molecule has 8 heteroatoms. The van der Waals surface area contributed by atoms with E-state index in [1.165, 1.54) is 0 Å². The van der Waals surface area contributed by atoms with Gasteiger partial charge >= 0.3 is 0 Å². The first-order valence-corrected chi connectivity index (χ1v) is 12.4. The molecule has 2 atom stereocenters. The molecule has 35 heavy (non-hydrogen) atoms. The molecule has 0 unspecified atom stereocenters. The van der Waals surface area contributed by atoms with Gasteiger partial charge in [0.05, 0.1) is 11.1 Å². The number of rotatable bonds is 5. The van der Waals surface area contributed by atoms with E-state index in [0.717, 1.165) is 74.4 Å². The van der Waals surface area contributed by atoms with Gasteiger partial charge in [-0.1, -0.05) is 6.92 Å². The second-order valence-corrected chi connectivity index (χ2v) is 9.82. The average molecular weight is 473 g/mol. The van der Waals surface area contributed by atoms with Crippen LogP contribution in [0.1, 0.15) is 25.8 Å². The Morgan fingerprint density at radius 3 is 2.80 bits per heavy atom. The van der Waals surface area contributed by atoms with Crippen molar-refractivity contribution in [1.82, 2.24) is 20.1 Å². The van der Waals surface area contributed by atoms with Crippen molar-refractivity contribution in [2.24, 2.45) is 15.9 Å². The number of anilines is 1. The summed E-state index contributed by atoms with van der Waals surface area (Å²) < 4.78 is 0. The van der Waals surface area contributed by atoms with Crippen LogP contribution in [0.25, 0.3) is 10.9 Å². The summed E-state index contributed by atoms with van der Waals surface area (Å²) in [5.74, 6) is 1.26. The van der Waals surface area contributed by atoms with Gasteiger partial charge in [0, 0.05) is 75.3 Å². The number of guanidine groups is 1. The van der Waals surface area contributed by atoms with Gasteiger partial charge in [-0.05, 0) is 62.9 Å². The zero-order chi connectivity index (χ0) is 24.8. The summed E-state index contributed by atoms with van der Waals surface area (Å²) in [5, 5.41) is 14.3. The third-order valence-corrected chi connectivity index (χ3v) is 6.87. The topological polar surface area (TPSA) is 83.1 Å². The summed E-state index contributed by atoms with van der Waals surface area (Å²) in [5.41, 5.74) is 3.71. The van der Waals surface area contributed by atoms with Gasteiger partial charge in [-0.25, -0.2) is 9.98 Å². The van der Waals surface area contributed by atoms with Crippen LogP contribution in [0.4, 0.5) is 5.69 Å². The first-order chi connectivity index (χ1) is 17.0. The monoisotopic (exact) mass is 472 g/mol. The van der Waals surface area contributed by atoms with Crippen molar-refractivity contribution in [3.05, 3.63) is 47.8 Å². The number of hydrogen-bond donors (Lipinski definition) is 1. The second kappa shape index (κ2) is 11.4. The Morgan fingerprint density at radius 2 is 2.06 bits per heavy atom. The fourth-order valence-electron chi connectivity index (χ4n) is 4.97. The lowest BCUT2D eigenvalue weighted by atomic mass is 9.94. The third-order valence-electron chi connectivity index (χ3n) is 6.87. The fraction of sp³-hybridized carbons (Fsp3) is 0.481. The third kappa shape index (κ3) is 6.05. The lowest BCUT2D eigenvalue weighted by Gasteiger charge is -2.39. The molecule has 0 amide bonds. The van der Waals surface area contributed by atoms with E-state index in [-0.39, 0.29) is 0 Å². The van der Waals surface area contributed by atoms with E-state index in [9.17, 15) is 5.26 Å². The number of piperazine rings is 1. The standard InChI is InChI=1S/C27H36N8/c1-20-14-23(31-16-21(2)17-32-27(29-3)34-12-10-33(4)11-13-34)19-35(18-20)25-8-7-22(15-28)26-24(25)6-5-9-30-26/h5-9,17,20,23,31H,3,10-14,16,18-19H2,1-2,4H3/b21-17+,32-27?/t20-,23+/m0/s1. The molecule has 2 aliphatic rings. The molecule has 2 saturated heterocycles. The van der Waals surface area contributed by atoms with Gasteiger partial charge in [-0.2, -0.15) is 5.26 Å². The summed E-state index contributed by atoms with van der Waals surface area (Å²) in [4.78, 5) is 20.2. The maximum absolute atomic E-state index is 9.48.